The molecule has 1 aromatic carbocycles. The minimum absolute atomic E-state index is 0.270. The lowest BCUT2D eigenvalue weighted by Crippen LogP contribution is -2.38. The van der Waals surface area contributed by atoms with Gasteiger partial charge in [0.2, 0.25) is 0 Å². The molecule has 0 heterocycles. The predicted octanol–water partition coefficient (Wildman–Crippen LogP) is 3.86. The lowest BCUT2D eigenvalue weighted by atomic mass is 9.79. The van der Waals surface area contributed by atoms with E-state index in [1.54, 1.807) is 7.11 Å². The van der Waals surface area contributed by atoms with E-state index in [0.29, 0.717) is 16.5 Å². The van der Waals surface area contributed by atoms with Gasteiger partial charge in [-0.3, -0.25) is 0 Å². The third-order valence-corrected chi connectivity index (χ3v) is 4.47. The Morgan fingerprint density at radius 1 is 1.28 bits per heavy atom. The van der Waals surface area contributed by atoms with Crippen molar-refractivity contribution in [3.8, 4) is 0 Å². The van der Waals surface area contributed by atoms with E-state index in [0.717, 1.165) is 31.2 Å². The van der Waals surface area contributed by atoms with Crippen LogP contribution < -0.4 is 0 Å². The van der Waals surface area contributed by atoms with Crippen molar-refractivity contribution in [3.05, 3.63) is 33.8 Å². The normalized spacial score (nSPS) is 28.3. The lowest BCUT2D eigenvalue weighted by molar-refractivity contribution is -0.0427. The summed E-state index contributed by atoms with van der Waals surface area (Å²) in [6, 6.07) is 5.44. The van der Waals surface area contributed by atoms with Gasteiger partial charge < -0.3 is 9.84 Å². The highest BCUT2D eigenvalue weighted by Gasteiger charge is 2.34. The monoisotopic (exact) mass is 288 g/mol. The van der Waals surface area contributed by atoms with E-state index in [4.69, 9.17) is 27.9 Å². The van der Waals surface area contributed by atoms with Crippen LogP contribution in [0.4, 0.5) is 0 Å². The van der Waals surface area contributed by atoms with E-state index in [1.165, 1.54) is 0 Å². The largest absolute Gasteiger partial charge is 0.390 e. The molecule has 1 aliphatic rings. The van der Waals surface area contributed by atoms with Crippen LogP contribution in [-0.2, 0) is 11.2 Å². The van der Waals surface area contributed by atoms with Crippen molar-refractivity contribution in [2.45, 2.75) is 43.8 Å². The third kappa shape index (κ3) is 3.18. The van der Waals surface area contributed by atoms with Gasteiger partial charge in [-0.05, 0) is 43.4 Å². The quantitative estimate of drug-likeness (QED) is 0.915. The summed E-state index contributed by atoms with van der Waals surface area (Å²) in [6.07, 6.45) is 4.01. The Hall–Kier alpha value is -0.280. The maximum absolute atomic E-state index is 10.6. The molecule has 1 fully saturated rings. The summed E-state index contributed by atoms with van der Waals surface area (Å²) in [4.78, 5) is 0. The van der Waals surface area contributed by atoms with Crippen LogP contribution in [-0.4, -0.2) is 23.9 Å². The second-order valence-electron chi connectivity index (χ2n) is 5.04. The number of ether oxygens (including phenoxy) is 1. The molecular weight excluding hydrogens is 271 g/mol. The summed E-state index contributed by atoms with van der Waals surface area (Å²) in [5.74, 6) is 0. The van der Waals surface area contributed by atoms with Crippen molar-refractivity contribution < 1.29 is 9.84 Å². The van der Waals surface area contributed by atoms with Crippen LogP contribution in [0.3, 0.4) is 0 Å². The molecule has 0 spiro atoms. The van der Waals surface area contributed by atoms with E-state index >= 15 is 0 Å². The van der Waals surface area contributed by atoms with Gasteiger partial charge in [-0.25, -0.2) is 0 Å². The van der Waals surface area contributed by atoms with E-state index in [1.807, 2.05) is 18.2 Å². The second-order valence-corrected chi connectivity index (χ2v) is 5.85. The molecule has 1 aliphatic carbocycles. The Kier molecular flexibility index (Phi) is 4.54. The summed E-state index contributed by atoms with van der Waals surface area (Å²) in [6.45, 7) is 0. The fraction of sp³-hybridized carbons (Fsp3) is 0.571. The standard InChI is InChI=1S/C14H18Cl2O2/c1-18-10-5-7-14(17,8-6-10)9-11-12(15)3-2-4-13(11)16/h2-4,10,17H,5-9H2,1H3. The van der Waals surface area contributed by atoms with Crippen molar-refractivity contribution in [1.29, 1.82) is 0 Å². The van der Waals surface area contributed by atoms with Crippen LogP contribution in [0.15, 0.2) is 18.2 Å². The maximum Gasteiger partial charge on any atom is 0.0691 e. The molecule has 0 amide bonds. The molecule has 1 saturated carbocycles. The average Bonchev–Trinajstić information content (AvgIpc) is 2.35. The summed E-state index contributed by atoms with van der Waals surface area (Å²) >= 11 is 12.3. The first kappa shape index (κ1) is 14.1. The highest BCUT2D eigenvalue weighted by molar-refractivity contribution is 6.36. The van der Waals surface area contributed by atoms with Gasteiger partial charge in [0.15, 0.2) is 0 Å². The zero-order valence-electron chi connectivity index (χ0n) is 10.5. The number of hydrogen-bond acceptors (Lipinski definition) is 2. The van der Waals surface area contributed by atoms with Crippen LogP contribution in [0, 0.1) is 0 Å². The smallest absolute Gasteiger partial charge is 0.0691 e. The molecule has 1 N–H and O–H groups in total. The Labute approximate surface area is 118 Å². The summed E-state index contributed by atoms with van der Waals surface area (Å²) in [7, 11) is 1.72. The SMILES string of the molecule is COC1CCC(O)(Cc2c(Cl)cccc2Cl)CC1. The molecule has 0 saturated heterocycles. The van der Waals surface area contributed by atoms with Gasteiger partial charge >= 0.3 is 0 Å². The Morgan fingerprint density at radius 3 is 2.33 bits per heavy atom. The summed E-state index contributed by atoms with van der Waals surface area (Å²) < 4.78 is 5.32. The van der Waals surface area contributed by atoms with Gasteiger partial charge in [0.05, 0.1) is 11.7 Å². The Bertz CT molecular complexity index is 392. The molecule has 4 heteroatoms. The van der Waals surface area contributed by atoms with Crippen molar-refractivity contribution in [1.82, 2.24) is 0 Å². The minimum Gasteiger partial charge on any atom is -0.390 e. The number of aliphatic hydroxyl groups is 1. The van der Waals surface area contributed by atoms with E-state index in [-0.39, 0.29) is 6.10 Å². The van der Waals surface area contributed by atoms with Crippen molar-refractivity contribution >= 4 is 23.2 Å². The van der Waals surface area contributed by atoms with Gasteiger partial charge in [-0.1, -0.05) is 29.3 Å². The van der Waals surface area contributed by atoms with Crippen LogP contribution in [0.1, 0.15) is 31.2 Å². The average molecular weight is 289 g/mol. The molecule has 100 valence electrons. The number of rotatable bonds is 3. The molecule has 2 rings (SSSR count). The van der Waals surface area contributed by atoms with E-state index < -0.39 is 5.60 Å². The van der Waals surface area contributed by atoms with Crippen LogP contribution >= 0.6 is 23.2 Å². The van der Waals surface area contributed by atoms with Crippen LogP contribution in [0.5, 0.6) is 0 Å². The number of methoxy groups -OCH3 is 1. The topological polar surface area (TPSA) is 29.5 Å². The first-order valence-corrected chi connectivity index (χ1v) is 6.98. The van der Waals surface area contributed by atoms with Gasteiger partial charge in [0, 0.05) is 23.6 Å². The van der Waals surface area contributed by atoms with Crippen LogP contribution in [0.25, 0.3) is 0 Å². The first-order chi connectivity index (χ1) is 8.54. The molecule has 0 aromatic heterocycles. The van der Waals surface area contributed by atoms with Crippen molar-refractivity contribution in [3.63, 3.8) is 0 Å². The molecule has 2 nitrogen and oxygen atoms in total. The predicted molar refractivity (Wildman–Crippen MR) is 74.4 cm³/mol. The van der Waals surface area contributed by atoms with E-state index in [9.17, 15) is 5.11 Å². The second kappa shape index (κ2) is 5.79. The van der Waals surface area contributed by atoms with Gasteiger partial charge in [0.25, 0.3) is 0 Å². The Morgan fingerprint density at radius 2 is 1.83 bits per heavy atom. The molecular formula is C14H18Cl2O2. The molecule has 0 aliphatic heterocycles. The number of halogens is 2. The third-order valence-electron chi connectivity index (χ3n) is 3.76. The highest BCUT2D eigenvalue weighted by Crippen LogP contribution is 2.36. The van der Waals surface area contributed by atoms with Crippen molar-refractivity contribution in [2.24, 2.45) is 0 Å². The molecule has 0 atom stereocenters. The fourth-order valence-electron chi connectivity index (χ4n) is 2.57. The fourth-order valence-corrected chi connectivity index (χ4v) is 3.10. The molecule has 1 aromatic rings. The van der Waals surface area contributed by atoms with Gasteiger partial charge in [-0.2, -0.15) is 0 Å². The maximum atomic E-state index is 10.6. The number of hydrogen-bond donors (Lipinski definition) is 1. The highest BCUT2D eigenvalue weighted by atomic mass is 35.5. The molecule has 0 unspecified atom stereocenters. The summed E-state index contributed by atoms with van der Waals surface area (Å²) in [5, 5.41) is 11.9. The molecule has 0 bridgehead atoms. The van der Waals surface area contributed by atoms with Gasteiger partial charge in [0.1, 0.15) is 0 Å². The van der Waals surface area contributed by atoms with Gasteiger partial charge in [-0.15, -0.1) is 0 Å². The van der Waals surface area contributed by atoms with E-state index in [2.05, 4.69) is 0 Å². The number of benzene rings is 1. The molecule has 18 heavy (non-hydrogen) atoms. The zero-order valence-corrected chi connectivity index (χ0v) is 12.0. The van der Waals surface area contributed by atoms with Crippen molar-refractivity contribution in [2.75, 3.05) is 7.11 Å². The van der Waals surface area contributed by atoms with Crippen LogP contribution in [0.2, 0.25) is 10.0 Å². The zero-order chi connectivity index (χ0) is 13.2. The minimum atomic E-state index is -0.705. The lowest BCUT2D eigenvalue weighted by Gasteiger charge is -2.36. The first-order valence-electron chi connectivity index (χ1n) is 6.22. The molecule has 0 radical (unpaired) electrons. The summed E-state index contributed by atoms with van der Waals surface area (Å²) in [5.41, 5.74) is 0.142. The Balaban J connectivity index is 2.09.